The second-order valence-electron chi connectivity index (χ2n) is 5.02. The lowest BCUT2D eigenvalue weighted by Crippen LogP contribution is -2.21. The third-order valence-electron chi connectivity index (χ3n) is 3.05. The Morgan fingerprint density at radius 3 is 1.92 bits per heavy atom. The highest BCUT2D eigenvalue weighted by molar-refractivity contribution is 5.32. The lowest BCUT2D eigenvalue weighted by Gasteiger charge is -2.18. The van der Waals surface area contributed by atoms with Crippen LogP contribution in [0.1, 0.15) is 18.4 Å². The van der Waals surface area contributed by atoms with E-state index in [1.807, 2.05) is 0 Å². The molecule has 130 valence electrons. The first-order valence-corrected chi connectivity index (χ1v) is 7.18. The predicted octanol–water partition coefficient (Wildman–Crippen LogP) is 5.54. The lowest BCUT2D eigenvalue weighted by molar-refractivity contribution is -0.185. The normalized spacial score (nSPS) is 12.0. The van der Waals surface area contributed by atoms with Crippen molar-refractivity contribution in [2.24, 2.45) is 0 Å². The summed E-state index contributed by atoms with van der Waals surface area (Å²) in [5.74, 6) is 0.207. The maximum absolute atomic E-state index is 13.9. The first kappa shape index (κ1) is 18.0. The quantitative estimate of drug-likeness (QED) is 0.484. The molecule has 0 aliphatic heterocycles. The zero-order valence-corrected chi connectivity index (χ0v) is 12.5. The molecule has 2 nitrogen and oxygen atoms in total. The van der Waals surface area contributed by atoms with Gasteiger partial charge < -0.3 is 9.47 Å². The molecule has 0 fully saturated rings. The van der Waals surface area contributed by atoms with Crippen molar-refractivity contribution in [3.05, 3.63) is 60.2 Å². The third-order valence-corrected chi connectivity index (χ3v) is 3.05. The van der Waals surface area contributed by atoms with Crippen molar-refractivity contribution in [3.63, 3.8) is 0 Å². The highest BCUT2D eigenvalue weighted by Gasteiger charge is 2.34. The van der Waals surface area contributed by atoms with Crippen LogP contribution in [0, 0.1) is 0 Å². The number of ether oxygens (including phenoxy) is 2. The number of hydrogen-bond acceptors (Lipinski definition) is 2. The standard InChI is InChI=1S/C17H15F5O2/c18-16(19,20)11-4-12-23-14-7-9-15(10-8-14)24-17(21,22)13-5-2-1-3-6-13/h1-3,5-10H,4,11-12H2. The van der Waals surface area contributed by atoms with Gasteiger partial charge in [-0.2, -0.15) is 22.0 Å². The fourth-order valence-electron chi connectivity index (χ4n) is 1.91. The van der Waals surface area contributed by atoms with Crippen LogP contribution < -0.4 is 9.47 Å². The summed E-state index contributed by atoms with van der Waals surface area (Å²) in [4.78, 5) is 0. The second kappa shape index (κ2) is 7.51. The molecule has 2 aromatic carbocycles. The third kappa shape index (κ3) is 5.72. The lowest BCUT2D eigenvalue weighted by atomic mass is 10.2. The van der Waals surface area contributed by atoms with Gasteiger partial charge in [0, 0.05) is 6.42 Å². The number of rotatable bonds is 7. The molecule has 0 aliphatic rings. The fourth-order valence-corrected chi connectivity index (χ4v) is 1.91. The van der Waals surface area contributed by atoms with Crippen molar-refractivity contribution < 1.29 is 31.4 Å². The molecular weight excluding hydrogens is 331 g/mol. The Morgan fingerprint density at radius 2 is 1.33 bits per heavy atom. The van der Waals surface area contributed by atoms with Crippen molar-refractivity contribution in [1.29, 1.82) is 0 Å². The van der Waals surface area contributed by atoms with Gasteiger partial charge in [-0.1, -0.05) is 18.2 Å². The van der Waals surface area contributed by atoms with Crippen molar-refractivity contribution in [2.45, 2.75) is 25.1 Å². The smallest absolute Gasteiger partial charge is 0.426 e. The van der Waals surface area contributed by atoms with Crippen LogP contribution in [0.2, 0.25) is 0 Å². The molecule has 7 heteroatoms. The maximum Gasteiger partial charge on any atom is 0.426 e. The van der Waals surface area contributed by atoms with Crippen LogP contribution in [-0.2, 0) is 6.11 Å². The summed E-state index contributed by atoms with van der Waals surface area (Å²) in [6.45, 7) is -0.111. The van der Waals surface area contributed by atoms with E-state index >= 15 is 0 Å². The highest BCUT2D eigenvalue weighted by Crippen LogP contribution is 2.32. The largest absolute Gasteiger partial charge is 0.494 e. The molecule has 0 aliphatic carbocycles. The Morgan fingerprint density at radius 1 is 0.750 bits per heavy atom. The zero-order chi connectivity index (χ0) is 17.6. The van der Waals surface area contributed by atoms with Crippen LogP contribution in [0.4, 0.5) is 22.0 Å². The van der Waals surface area contributed by atoms with E-state index in [1.165, 1.54) is 48.5 Å². The molecule has 0 aromatic heterocycles. The van der Waals surface area contributed by atoms with Gasteiger partial charge in [0.05, 0.1) is 12.2 Å². The Balaban J connectivity index is 1.88. The van der Waals surface area contributed by atoms with E-state index in [9.17, 15) is 22.0 Å². The molecule has 0 N–H and O–H groups in total. The minimum atomic E-state index is -4.22. The average molecular weight is 346 g/mol. The van der Waals surface area contributed by atoms with Crippen LogP contribution in [0.25, 0.3) is 0 Å². The predicted molar refractivity (Wildman–Crippen MR) is 78.2 cm³/mol. The molecule has 0 saturated heterocycles. The Labute approximate surface area is 135 Å². The summed E-state index contributed by atoms with van der Waals surface area (Å²) in [5, 5.41) is 0. The molecular formula is C17H15F5O2. The molecule has 0 heterocycles. The molecule has 0 bridgehead atoms. The van der Waals surface area contributed by atoms with Crippen LogP contribution in [-0.4, -0.2) is 12.8 Å². The first-order chi connectivity index (χ1) is 11.3. The van der Waals surface area contributed by atoms with E-state index in [4.69, 9.17) is 4.74 Å². The molecule has 0 unspecified atom stereocenters. The summed E-state index contributed by atoms with van der Waals surface area (Å²) in [6.07, 6.45) is -8.81. The molecule has 24 heavy (non-hydrogen) atoms. The molecule has 2 rings (SSSR count). The van der Waals surface area contributed by atoms with E-state index in [1.54, 1.807) is 6.07 Å². The Hall–Kier alpha value is -2.31. The number of alkyl halides is 5. The fraction of sp³-hybridized carbons (Fsp3) is 0.294. The molecule has 0 spiro atoms. The summed E-state index contributed by atoms with van der Waals surface area (Å²) in [6, 6.07) is 12.3. The molecule has 2 aromatic rings. The van der Waals surface area contributed by atoms with E-state index in [0.29, 0.717) is 0 Å². The van der Waals surface area contributed by atoms with Crippen LogP contribution in [0.5, 0.6) is 11.5 Å². The van der Waals surface area contributed by atoms with Gasteiger partial charge >= 0.3 is 12.3 Å². The van der Waals surface area contributed by atoms with Gasteiger partial charge in [0.25, 0.3) is 0 Å². The molecule has 0 atom stereocenters. The minimum Gasteiger partial charge on any atom is -0.494 e. The summed E-state index contributed by atoms with van der Waals surface area (Å²) < 4.78 is 73.7. The van der Waals surface area contributed by atoms with Gasteiger partial charge in [-0.25, -0.2) is 0 Å². The monoisotopic (exact) mass is 346 g/mol. The van der Waals surface area contributed by atoms with Crippen LogP contribution >= 0.6 is 0 Å². The van der Waals surface area contributed by atoms with Gasteiger partial charge in [0.15, 0.2) is 0 Å². The molecule has 0 radical (unpaired) electrons. The van der Waals surface area contributed by atoms with Gasteiger partial charge in [0.1, 0.15) is 11.5 Å². The Kier molecular flexibility index (Phi) is 5.64. The average Bonchev–Trinajstić information content (AvgIpc) is 2.53. The first-order valence-electron chi connectivity index (χ1n) is 7.18. The molecule has 0 amide bonds. The van der Waals surface area contributed by atoms with Crippen molar-refractivity contribution >= 4 is 0 Å². The zero-order valence-electron chi connectivity index (χ0n) is 12.5. The second-order valence-corrected chi connectivity index (χ2v) is 5.02. The Bertz CT molecular complexity index is 624. The van der Waals surface area contributed by atoms with Crippen molar-refractivity contribution in [2.75, 3.05) is 6.61 Å². The number of hydrogen-bond donors (Lipinski definition) is 0. The topological polar surface area (TPSA) is 18.5 Å². The number of halogens is 5. The summed E-state index contributed by atoms with van der Waals surface area (Å²) in [7, 11) is 0. The SMILES string of the molecule is FC(F)(F)CCCOc1ccc(OC(F)(F)c2ccccc2)cc1. The summed E-state index contributed by atoms with van der Waals surface area (Å²) >= 11 is 0. The van der Waals surface area contributed by atoms with E-state index in [-0.39, 0.29) is 30.1 Å². The highest BCUT2D eigenvalue weighted by atomic mass is 19.4. The number of benzene rings is 2. The van der Waals surface area contributed by atoms with Crippen molar-refractivity contribution in [3.8, 4) is 11.5 Å². The van der Waals surface area contributed by atoms with E-state index in [0.717, 1.165) is 0 Å². The van der Waals surface area contributed by atoms with Gasteiger partial charge in [-0.05, 0) is 42.8 Å². The van der Waals surface area contributed by atoms with Crippen molar-refractivity contribution in [1.82, 2.24) is 0 Å². The summed E-state index contributed by atoms with van der Waals surface area (Å²) in [5.41, 5.74) is -0.280. The molecule has 0 saturated carbocycles. The van der Waals surface area contributed by atoms with E-state index in [2.05, 4.69) is 4.74 Å². The maximum atomic E-state index is 13.9. The van der Waals surface area contributed by atoms with Gasteiger partial charge in [-0.3, -0.25) is 0 Å². The van der Waals surface area contributed by atoms with Gasteiger partial charge in [0.2, 0.25) is 0 Å². The minimum absolute atomic E-state index is 0.0773. The van der Waals surface area contributed by atoms with Gasteiger partial charge in [-0.15, -0.1) is 0 Å². The van der Waals surface area contributed by atoms with Crippen LogP contribution in [0.3, 0.4) is 0 Å². The van der Waals surface area contributed by atoms with E-state index < -0.39 is 18.7 Å². The van der Waals surface area contributed by atoms with Crippen LogP contribution in [0.15, 0.2) is 54.6 Å².